The molecule has 0 atom stereocenters. The summed E-state index contributed by atoms with van der Waals surface area (Å²) in [4.78, 5) is 12.6. The van der Waals surface area contributed by atoms with E-state index in [2.05, 4.69) is 4.90 Å². The van der Waals surface area contributed by atoms with E-state index < -0.39 is 0 Å². The predicted molar refractivity (Wildman–Crippen MR) is 82.5 cm³/mol. The lowest BCUT2D eigenvalue weighted by Crippen LogP contribution is -2.35. The van der Waals surface area contributed by atoms with Gasteiger partial charge in [-0.2, -0.15) is 0 Å². The first-order valence-electron chi connectivity index (χ1n) is 6.45. The Labute approximate surface area is 125 Å². The third-order valence-electron chi connectivity index (χ3n) is 3.57. The zero-order chi connectivity index (χ0) is 13.8. The van der Waals surface area contributed by atoms with Gasteiger partial charge in [0.05, 0.1) is 15.1 Å². The maximum Gasteiger partial charge on any atom is 0.282 e. The highest BCUT2D eigenvalue weighted by molar-refractivity contribution is 14.1. The number of nitro benzene ring substituents is 1. The third kappa shape index (κ3) is 3.36. The summed E-state index contributed by atoms with van der Waals surface area (Å²) in [5.74, 6) is 0. The van der Waals surface area contributed by atoms with Gasteiger partial charge in [0.15, 0.2) is 0 Å². The Morgan fingerprint density at radius 1 is 1.42 bits per heavy atom. The van der Waals surface area contributed by atoms with Crippen LogP contribution in [0.5, 0.6) is 0 Å². The molecule has 0 saturated heterocycles. The molecule has 0 spiro atoms. The molecular weight excluding hydrogens is 359 g/mol. The second-order valence-electron chi connectivity index (χ2n) is 4.75. The molecule has 0 unspecified atom stereocenters. The lowest BCUT2D eigenvalue weighted by Gasteiger charge is -2.30. The first-order chi connectivity index (χ1) is 9.13. The number of nitrogens with zero attached hydrogens (tertiary/aromatic N) is 2. The van der Waals surface area contributed by atoms with Gasteiger partial charge in [0.25, 0.3) is 5.69 Å². The van der Waals surface area contributed by atoms with E-state index in [9.17, 15) is 15.2 Å². The van der Waals surface area contributed by atoms with Crippen molar-refractivity contribution in [3.05, 3.63) is 31.9 Å². The maximum absolute atomic E-state index is 10.8. The van der Waals surface area contributed by atoms with Gasteiger partial charge in [-0.3, -0.25) is 10.1 Å². The minimum atomic E-state index is -0.364. The van der Waals surface area contributed by atoms with Crippen molar-refractivity contribution in [2.75, 3.05) is 18.1 Å². The number of nitro groups is 1. The Morgan fingerprint density at radius 3 is 2.63 bits per heavy atom. The lowest BCUT2D eigenvalue weighted by molar-refractivity contribution is -0.385. The molecule has 1 fully saturated rings. The number of aliphatic hydroxyl groups is 1. The Morgan fingerprint density at radius 2 is 2.11 bits per heavy atom. The molecule has 1 saturated carbocycles. The van der Waals surface area contributed by atoms with Crippen molar-refractivity contribution in [1.82, 2.24) is 0 Å². The van der Waals surface area contributed by atoms with Gasteiger partial charge in [-0.1, -0.05) is 12.8 Å². The lowest BCUT2D eigenvalue weighted by atomic mass is 10.1. The summed E-state index contributed by atoms with van der Waals surface area (Å²) in [5.41, 5.74) is 1.11. The van der Waals surface area contributed by atoms with Crippen LogP contribution in [-0.2, 0) is 0 Å². The molecular formula is C13H17IN2O3. The highest BCUT2D eigenvalue weighted by Crippen LogP contribution is 2.31. The third-order valence-corrected chi connectivity index (χ3v) is 4.43. The summed E-state index contributed by atoms with van der Waals surface area (Å²) >= 11 is 2.00. The van der Waals surface area contributed by atoms with Crippen LogP contribution in [0.4, 0.5) is 11.4 Å². The van der Waals surface area contributed by atoms with E-state index in [0.29, 0.717) is 16.2 Å². The Hall–Kier alpha value is -0.890. The molecule has 2 rings (SSSR count). The molecule has 0 aliphatic heterocycles. The van der Waals surface area contributed by atoms with Crippen LogP contribution < -0.4 is 4.90 Å². The smallest absolute Gasteiger partial charge is 0.282 e. The zero-order valence-corrected chi connectivity index (χ0v) is 12.7. The average Bonchev–Trinajstić information content (AvgIpc) is 2.89. The fourth-order valence-corrected chi connectivity index (χ4v) is 3.36. The Kier molecular flexibility index (Phi) is 4.98. The monoisotopic (exact) mass is 376 g/mol. The fraction of sp³-hybridized carbons (Fsp3) is 0.538. The number of rotatable bonds is 5. The quantitative estimate of drug-likeness (QED) is 0.488. The molecule has 1 N–H and O–H groups in total. The van der Waals surface area contributed by atoms with Gasteiger partial charge in [-0.25, -0.2) is 0 Å². The van der Waals surface area contributed by atoms with Crippen molar-refractivity contribution in [1.29, 1.82) is 0 Å². The van der Waals surface area contributed by atoms with Crippen LogP contribution in [0.25, 0.3) is 0 Å². The summed E-state index contributed by atoms with van der Waals surface area (Å²) in [6, 6.07) is 5.63. The van der Waals surface area contributed by atoms with Crippen LogP contribution in [0.15, 0.2) is 18.2 Å². The molecule has 1 aliphatic carbocycles. The molecule has 1 aliphatic rings. The normalized spacial score (nSPS) is 15.7. The van der Waals surface area contributed by atoms with Gasteiger partial charge in [0.1, 0.15) is 0 Å². The molecule has 1 aromatic carbocycles. The molecule has 19 heavy (non-hydrogen) atoms. The summed E-state index contributed by atoms with van der Waals surface area (Å²) in [6.45, 7) is 0.683. The van der Waals surface area contributed by atoms with Crippen LogP contribution in [-0.4, -0.2) is 29.2 Å². The number of hydrogen-bond acceptors (Lipinski definition) is 4. The number of halogens is 1. The summed E-state index contributed by atoms with van der Waals surface area (Å²) in [5, 5.41) is 20.1. The van der Waals surface area contributed by atoms with Crippen molar-refractivity contribution in [2.24, 2.45) is 0 Å². The number of hydrogen-bond donors (Lipinski definition) is 1. The van der Waals surface area contributed by atoms with Gasteiger partial charge in [0, 0.05) is 24.3 Å². The molecule has 0 radical (unpaired) electrons. The second kappa shape index (κ2) is 6.51. The predicted octanol–water partition coefficient (Wildman–Crippen LogP) is 2.94. The maximum atomic E-state index is 10.8. The van der Waals surface area contributed by atoms with E-state index in [-0.39, 0.29) is 17.2 Å². The van der Waals surface area contributed by atoms with Gasteiger partial charge >= 0.3 is 0 Å². The highest BCUT2D eigenvalue weighted by Gasteiger charge is 2.23. The first kappa shape index (κ1) is 14.5. The minimum absolute atomic E-state index is 0.101. The van der Waals surface area contributed by atoms with Crippen LogP contribution in [0.3, 0.4) is 0 Å². The van der Waals surface area contributed by atoms with Crippen molar-refractivity contribution in [2.45, 2.75) is 31.7 Å². The largest absolute Gasteiger partial charge is 0.395 e. The number of benzene rings is 1. The van der Waals surface area contributed by atoms with Crippen LogP contribution in [0.1, 0.15) is 25.7 Å². The van der Waals surface area contributed by atoms with Crippen molar-refractivity contribution in [3.8, 4) is 0 Å². The van der Waals surface area contributed by atoms with Crippen LogP contribution in [0.2, 0.25) is 0 Å². The summed E-state index contributed by atoms with van der Waals surface area (Å²) < 4.78 is 0.640. The van der Waals surface area contributed by atoms with Gasteiger partial charge in [-0.05, 0) is 47.6 Å². The Bertz CT molecular complexity index is 461. The van der Waals surface area contributed by atoms with Crippen molar-refractivity contribution in [3.63, 3.8) is 0 Å². The van der Waals surface area contributed by atoms with Gasteiger partial charge < -0.3 is 10.0 Å². The average molecular weight is 376 g/mol. The van der Waals surface area contributed by atoms with Gasteiger partial charge in [-0.15, -0.1) is 0 Å². The molecule has 0 bridgehead atoms. The van der Waals surface area contributed by atoms with E-state index in [0.717, 1.165) is 18.5 Å². The van der Waals surface area contributed by atoms with E-state index in [1.165, 1.54) is 12.8 Å². The molecule has 6 heteroatoms. The molecule has 5 nitrogen and oxygen atoms in total. The zero-order valence-electron chi connectivity index (χ0n) is 10.6. The molecule has 1 aromatic rings. The summed E-state index contributed by atoms with van der Waals surface area (Å²) in [6.07, 6.45) is 4.70. The molecule has 0 heterocycles. The van der Waals surface area contributed by atoms with E-state index >= 15 is 0 Å². The van der Waals surface area contributed by atoms with E-state index in [1.807, 2.05) is 28.7 Å². The fourth-order valence-electron chi connectivity index (χ4n) is 2.67. The molecule has 104 valence electrons. The number of anilines is 1. The standard InChI is InChI=1S/C13H17IN2O3/c14-12-9-11(5-6-13(12)16(18)19)15(7-8-17)10-3-1-2-4-10/h5-6,9-10,17H,1-4,7-8H2. The van der Waals surface area contributed by atoms with Crippen molar-refractivity contribution >= 4 is 34.0 Å². The first-order valence-corrected chi connectivity index (χ1v) is 7.53. The second-order valence-corrected chi connectivity index (χ2v) is 5.91. The molecule has 0 aromatic heterocycles. The van der Waals surface area contributed by atoms with E-state index in [1.54, 1.807) is 12.1 Å². The van der Waals surface area contributed by atoms with Crippen molar-refractivity contribution < 1.29 is 10.0 Å². The highest BCUT2D eigenvalue weighted by atomic mass is 127. The van der Waals surface area contributed by atoms with Gasteiger partial charge in [0.2, 0.25) is 0 Å². The summed E-state index contributed by atoms with van der Waals surface area (Å²) in [7, 11) is 0. The Balaban J connectivity index is 2.26. The number of aliphatic hydroxyl groups excluding tert-OH is 1. The van der Waals surface area contributed by atoms with E-state index in [4.69, 9.17) is 0 Å². The minimum Gasteiger partial charge on any atom is -0.395 e. The molecule has 0 amide bonds. The topological polar surface area (TPSA) is 66.6 Å². The van der Waals surface area contributed by atoms with Crippen LogP contribution >= 0.6 is 22.6 Å². The van der Waals surface area contributed by atoms with Crippen LogP contribution in [0, 0.1) is 13.7 Å². The SMILES string of the molecule is O=[N+]([O-])c1ccc(N(CCO)C2CCCC2)cc1I.